The zero-order valence-corrected chi connectivity index (χ0v) is 21.6. The fraction of sp³-hybridized carbons (Fsp3) is 0.152. The molecule has 3 aliphatic rings. The monoisotopic (exact) mass is 532 g/mol. The van der Waals surface area contributed by atoms with Gasteiger partial charge in [0.2, 0.25) is 17.2 Å². The lowest BCUT2D eigenvalue weighted by molar-refractivity contribution is -0.0210. The van der Waals surface area contributed by atoms with Crippen molar-refractivity contribution >= 4 is 34.7 Å². The van der Waals surface area contributed by atoms with E-state index in [0.717, 1.165) is 5.56 Å². The van der Waals surface area contributed by atoms with Crippen molar-refractivity contribution in [3.05, 3.63) is 141 Å². The number of ether oxygens (including phenoxy) is 1. The number of hydrogen-bond donors (Lipinski definition) is 0. The summed E-state index contributed by atoms with van der Waals surface area (Å²) in [7, 11) is 0. The molecule has 0 saturated carbocycles. The SMILES string of the molecule is Cc1ccc([C@@H]2C3(O[C@H](c4ccc(Cl)cc4)C24C(=O)c2ccccc2C4=O)C(=O)c2ccccc2C3=O)cc1. The largest absolute Gasteiger partial charge is 0.348 e. The third-order valence-electron chi connectivity index (χ3n) is 8.42. The van der Waals surface area contributed by atoms with Crippen LogP contribution in [0.4, 0.5) is 0 Å². The van der Waals surface area contributed by atoms with Crippen LogP contribution in [0.1, 0.15) is 70.1 Å². The van der Waals surface area contributed by atoms with E-state index in [1.807, 2.05) is 19.1 Å². The van der Waals surface area contributed by atoms with Gasteiger partial charge in [0.1, 0.15) is 11.5 Å². The first-order valence-corrected chi connectivity index (χ1v) is 13.1. The minimum Gasteiger partial charge on any atom is -0.348 e. The van der Waals surface area contributed by atoms with Gasteiger partial charge in [0, 0.05) is 27.3 Å². The van der Waals surface area contributed by atoms with Crippen LogP contribution < -0.4 is 0 Å². The van der Waals surface area contributed by atoms with Crippen molar-refractivity contribution in [2.45, 2.75) is 24.5 Å². The molecule has 0 bridgehead atoms. The van der Waals surface area contributed by atoms with E-state index in [2.05, 4.69) is 0 Å². The fourth-order valence-electron chi connectivity index (χ4n) is 6.72. The Morgan fingerprint density at radius 3 is 1.51 bits per heavy atom. The minimum atomic E-state index is -2.10. The summed E-state index contributed by atoms with van der Waals surface area (Å²) in [6.07, 6.45) is -1.21. The number of halogens is 1. The topological polar surface area (TPSA) is 77.5 Å². The van der Waals surface area contributed by atoms with Crippen LogP contribution in [0.25, 0.3) is 0 Å². The van der Waals surface area contributed by atoms with Crippen LogP contribution in [0.5, 0.6) is 0 Å². The van der Waals surface area contributed by atoms with E-state index in [9.17, 15) is 19.2 Å². The van der Waals surface area contributed by atoms with E-state index in [4.69, 9.17) is 16.3 Å². The zero-order chi connectivity index (χ0) is 27.1. The number of fused-ring (bicyclic) bond motifs is 2. The summed E-state index contributed by atoms with van der Waals surface area (Å²) in [5.74, 6) is -3.20. The van der Waals surface area contributed by atoms with Gasteiger partial charge in [0.25, 0.3) is 0 Å². The highest BCUT2D eigenvalue weighted by Crippen LogP contribution is 2.67. The summed E-state index contributed by atoms with van der Waals surface area (Å²) in [6, 6.07) is 27.1. The molecular formula is C33H21ClO5. The Labute approximate surface area is 229 Å². The van der Waals surface area contributed by atoms with Gasteiger partial charge in [0.15, 0.2) is 11.6 Å². The second-order valence-corrected chi connectivity index (χ2v) is 10.8. The Balaban J connectivity index is 1.59. The van der Waals surface area contributed by atoms with Gasteiger partial charge in [-0.2, -0.15) is 0 Å². The number of ketones is 4. The summed E-state index contributed by atoms with van der Waals surface area (Å²) in [4.78, 5) is 57.9. The molecule has 2 spiro atoms. The molecule has 39 heavy (non-hydrogen) atoms. The molecule has 6 heteroatoms. The summed E-state index contributed by atoms with van der Waals surface area (Å²) in [5.41, 5.74) is -1.07. The molecular weight excluding hydrogens is 512 g/mol. The van der Waals surface area contributed by atoms with Crippen molar-refractivity contribution in [2.75, 3.05) is 0 Å². The van der Waals surface area contributed by atoms with Crippen molar-refractivity contribution in [2.24, 2.45) is 5.41 Å². The highest BCUT2D eigenvalue weighted by Gasteiger charge is 2.79. The Bertz CT molecular complexity index is 1660. The Kier molecular flexibility index (Phi) is 5.00. The third kappa shape index (κ3) is 2.89. The maximum absolute atomic E-state index is 14.6. The zero-order valence-electron chi connectivity index (χ0n) is 20.8. The van der Waals surface area contributed by atoms with Gasteiger partial charge in [-0.3, -0.25) is 19.2 Å². The second kappa shape index (κ2) is 8.15. The number of hydrogen-bond acceptors (Lipinski definition) is 5. The predicted molar refractivity (Wildman–Crippen MR) is 145 cm³/mol. The molecule has 4 aromatic rings. The molecule has 2 aliphatic carbocycles. The molecule has 190 valence electrons. The summed E-state index contributed by atoms with van der Waals surface area (Å²) < 4.78 is 6.67. The van der Waals surface area contributed by atoms with Crippen molar-refractivity contribution in [3.8, 4) is 0 Å². The number of rotatable bonds is 2. The number of Topliss-reactive ketones (excluding diaryl/α,β-unsaturated/α-hetero) is 4. The van der Waals surface area contributed by atoms with Gasteiger partial charge in [-0.15, -0.1) is 0 Å². The molecule has 2 atom stereocenters. The average Bonchev–Trinajstić information content (AvgIpc) is 3.48. The van der Waals surface area contributed by atoms with Gasteiger partial charge in [0.05, 0.1) is 5.92 Å². The van der Waals surface area contributed by atoms with Crippen LogP contribution in [0, 0.1) is 12.3 Å². The molecule has 0 amide bonds. The molecule has 5 nitrogen and oxygen atoms in total. The van der Waals surface area contributed by atoms with Crippen LogP contribution in [0.3, 0.4) is 0 Å². The lowest BCUT2D eigenvalue weighted by Crippen LogP contribution is -2.51. The van der Waals surface area contributed by atoms with Crippen LogP contribution in [0.2, 0.25) is 5.02 Å². The van der Waals surface area contributed by atoms with E-state index in [1.165, 1.54) is 0 Å². The summed E-state index contributed by atoms with van der Waals surface area (Å²) in [5, 5.41) is 0.461. The van der Waals surface area contributed by atoms with Crippen LogP contribution in [-0.4, -0.2) is 28.7 Å². The molecule has 1 saturated heterocycles. The average molecular weight is 533 g/mol. The van der Waals surface area contributed by atoms with Gasteiger partial charge in [-0.25, -0.2) is 0 Å². The maximum Gasteiger partial charge on any atom is 0.204 e. The number of carbonyl (C=O) groups is 4. The van der Waals surface area contributed by atoms with Gasteiger partial charge in [-0.05, 0) is 30.2 Å². The van der Waals surface area contributed by atoms with Crippen molar-refractivity contribution < 1.29 is 23.9 Å². The Morgan fingerprint density at radius 1 is 0.590 bits per heavy atom. The fourth-order valence-corrected chi connectivity index (χ4v) is 6.85. The van der Waals surface area contributed by atoms with Crippen molar-refractivity contribution in [1.82, 2.24) is 0 Å². The molecule has 0 aromatic heterocycles. The van der Waals surface area contributed by atoms with Crippen LogP contribution >= 0.6 is 11.6 Å². The van der Waals surface area contributed by atoms with Crippen LogP contribution in [0.15, 0.2) is 97.1 Å². The highest BCUT2D eigenvalue weighted by molar-refractivity contribution is 6.37. The van der Waals surface area contributed by atoms with Gasteiger partial charge in [-0.1, -0.05) is 102 Å². The summed E-state index contributed by atoms with van der Waals surface area (Å²) in [6.45, 7) is 1.92. The first kappa shape index (κ1) is 23.9. The Hall–Kier alpha value is -4.19. The van der Waals surface area contributed by atoms with Gasteiger partial charge >= 0.3 is 0 Å². The smallest absolute Gasteiger partial charge is 0.204 e. The van der Waals surface area contributed by atoms with Crippen LogP contribution in [-0.2, 0) is 4.74 Å². The first-order valence-electron chi connectivity index (χ1n) is 12.7. The van der Waals surface area contributed by atoms with Gasteiger partial charge < -0.3 is 4.74 Å². The third-order valence-corrected chi connectivity index (χ3v) is 8.67. The molecule has 1 heterocycles. The quantitative estimate of drug-likeness (QED) is 0.280. The summed E-state index contributed by atoms with van der Waals surface area (Å²) >= 11 is 6.18. The maximum atomic E-state index is 14.6. The lowest BCUT2D eigenvalue weighted by Gasteiger charge is -2.34. The van der Waals surface area contributed by atoms with E-state index in [1.54, 1.807) is 84.9 Å². The normalized spacial score (nSPS) is 22.1. The lowest BCUT2D eigenvalue weighted by atomic mass is 9.60. The molecule has 7 rings (SSSR count). The molecule has 0 unspecified atom stereocenters. The Morgan fingerprint density at radius 2 is 1.03 bits per heavy atom. The number of aryl methyl sites for hydroxylation is 1. The predicted octanol–water partition coefficient (Wildman–Crippen LogP) is 6.39. The molecule has 4 aromatic carbocycles. The van der Waals surface area contributed by atoms with Crippen molar-refractivity contribution in [3.63, 3.8) is 0 Å². The van der Waals surface area contributed by atoms with Crippen molar-refractivity contribution in [1.29, 1.82) is 0 Å². The van der Waals surface area contributed by atoms with E-state index < -0.39 is 46.2 Å². The number of benzene rings is 4. The molecule has 0 radical (unpaired) electrons. The molecule has 0 N–H and O–H groups in total. The minimum absolute atomic E-state index is 0.224. The number of carbonyl (C=O) groups excluding carboxylic acids is 4. The molecule has 1 aliphatic heterocycles. The highest BCUT2D eigenvalue weighted by atomic mass is 35.5. The second-order valence-electron chi connectivity index (χ2n) is 10.4. The standard InChI is InChI=1S/C33H21ClO5/c1-18-10-12-19(13-11-18)26-32(27(35)22-6-2-3-7-23(22)28(32)36)31(20-14-16-21(34)17-15-20)39-33(26)29(37)24-8-4-5-9-25(24)30(33)38/h2-17,26,31H,1H3/t26-,31+/m0/s1. The van der Waals surface area contributed by atoms with E-state index in [-0.39, 0.29) is 22.3 Å². The first-order chi connectivity index (χ1) is 18.8. The van der Waals surface area contributed by atoms with E-state index >= 15 is 0 Å². The molecule has 1 fully saturated rings. The van der Waals surface area contributed by atoms with E-state index in [0.29, 0.717) is 16.1 Å².